The summed E-state index contributed by atoms with van der Waals surface area (Å²) in [7, 11) is -2.16. The van der Waals surface area contributed by atoms with E-state index in [4.69, 9.17) is 4.74 Å². The Bertz CT molecular complexity index is 1480. The highest BCUT2D eigenvalue weighted by Crippen LogP contribution is 2.39. The summed E-state index contributed by atoms with van der Waals surface area (Å²) in [5, 5.41) is 11.4. The molecule has 0 radical (unpaired) electrons. The van der Waals surface area contributed by atoms with Gasteiger partial charge < -0.3 is 15.0 Å². The predicted octanol–water partition coefficient (Wildman–Crippen LogP) is 3.34. The maximum Gasteiger partial charge on any atom is 0.274 e. The summed E-state index contributed by atoms with van der Waals surface area (Å²) in [5.41, 5.74) is 1.28. The van der Waals surface area contributed by atoms with Crippen molar-refractivity contribution in [2.45, 2.75) is 17.0 Å². The van der Waals surface area contributed by atoms with Crippen LogP contribution in [-0.2, 0) is 14.8 Å². The Labute approximate surface area is 197 Å². The number of aromatic nitrogens is 4. The van der Waals surface area contributed by atoms with Crippen LogP contribution in [0.4, 0.5) is 16.8 Å². The number of hydrogen-bond donors (Lipinski definition) is 1. The van der Waals surface area contributed by atoms with Gasteiger partial charge in [-0.1, -0.05) is 35.2 Å². The summed E-state index contributed by atoms with van der Waals surface area (Å²) in [5.74, 6) is 0.529. The smallest absolute Gasteiger partial charge is 0.274 e. The molecule has 1 aliphatic heterocycles. The van der Waals surface area contributed by atoms with Crippen LogP contribution < -0.4 is 15.0 Å². The standard InChI is InChI=1S/C20H18N6O4S3/c1-3-30-12-8-9-13-15(10-12)32-18(21-13)22-17(27)11-31-20-24-23-19-25(2)14-6-4-5-7-16(14)33(28,29)26(19)20/h4-10H,3,11H2,1-2H3,(H,21,22,27). The van der Waals surface area contributed by atoms with Gasteiger partial charge in [0.2, 0.25) is 17.0 Å². The molecule has 0 aliphatic carbocycles. The van der Waals surface area contributed by atoms with Gasteiger partial charge in [-0.2, -0.15) is 3.97 Å². The summed E-state index contributed by atoms with van der Waals surface area (Å²) in [4.78, 5) is 18.8. The van der Waals surface area contributed by atoms with Crippen LogP contribution in [0, 0.1) is 0 Å². The highest BCUT2D eigenvalue weighted by Gasteiger charge is 2.36. The fraction of sp³-hybridized carbons (Fsp3) is 0.200. The molecule has 0 spiro atoms. The number of hydrogen-bond acceptors (Lipinski definition) is 10. The van der Waals surface area contributed by atoms with Crippen molar-refractivity contribution in [3.05, 3.63) is 42.5 Å². The molecule has 1 aliphatic rings. The van der Waals surface area contributed by atoms with Crippen molar-refractivity contribution in [1.82, 2.24) is 19.2 Å². The first kappa shape index (κ1) is 21.7. The molecule has 0 saturated carbocycles. The lowest BCUT2D eigenvalue weighted by atomic mass is 10.3. The Morgan fingerprint density at radius 2 is 2.03 bits per heavy atom. The zero-order valence-corrected chi connectivity index (χ0v) is 20.0. The molecule has 0 bridgehead atoms. The van der Waals surface area contributed by atoms with E-state index in [9.17, 15) is 13.2 Å². The number of thiazole rings is 1. The number of amides is 1. The van der Waals surface area contributed by atoms with Gasteiger partial charge in [-0.3, -0.25) is 4.79 Å². The molecule has 1 N–H and O–H groups in total. The minimum absolute atomic E-state index is 0.0564. The summed E-state index contributed by atoms with van der Waals surface area (Å²) < 4.78 is 33.8. The zero-order chi connectivity index (χ0) is 23.2. The quantitative estimate of drug-likeness (QED) is 0.396. The molecule has 33 heavy (non-hydrogen) atoms. The number of benzene rings is 2. The number of thioether (sulfide) groups is 1. The van der Waals surface area contributed by atoms with E-state index in [0.717, 1.165) is 31.7 Å². The van der Waals surface area contributed by atoms with Crippen LogP contribution in [0.5, 0.6) is 5.75 Å². The molecule has 0 atom stereocenters. The highest BCUT2D eigenvalue weighted by molar-refractivity contribution is 8.00. The second-order valence-electron chi connectivity index (χ2n) is 7.00. The number of anilines is 3. The third kappa shape index (κ3) is 3.81. The molecule has 0 fully saturated rings. The molecular formula is C20H18N6O4S3. The molecule has 0 unspecified atom stereocenters. The van der Waals surface area contributed by atoms with E-state index in [0.29, 0.717) is 17.4 Å². The summed E-state index contributed by atoms with van der Waals surface area (Å²) in [6, 6.07) is 12.2. The second kappa shape index (κ2) is 8.32. The number of nitrogens with zero attached hydrogens (tertiary/aromatic N) is 5. The molecule has 2 aromatic heterocycles. The monoisotopic (exact) mass is 502 g/mol. The van der Waals surface area contributed by atoms with Crippen LogP contribution >= 0.6 is 23.1 Å². The molecule has 10 nitrogen and oxygen atoms in total. The van der Waals surface area contributed by atoms with E-state index in [-0.39, 0.29) is 27.7 Å². The largest absolute Gasteiger partial charge is 0.494 e. The molecule has 13 heteroatoms. The third-order valence-electron chi connectivity index (χ3n) is 4.87. The first-order valence-electron chi connectivity index (χ1n) is 9.88. The maximum atomic E-state index is 13.2. The van der Waals surface area contributed by atoms with Crippen molar-refractivity contribution < 1.29 is 17.9 Å². The van der Waals surface area contributed by atoms with E-state index in [2.05, 4.69) is 20.5 Å². The Morgan fingerprint density at radius 3 is 2.85 bits per heavy atom. The van der Waals surface area contributed by atoms with Gasteiger partial charge in [-0.05, 0) is 37.3 Å². The Kier molecular flexibility index (Phi) is 5.46. The van der Waals surface area contributed by atoms with Crippen LogP contribution in [0.3, 0.4) is 0 Å². The van der Waals surface area contributed by atoms with Crippen molar-refractivity contribution in [3.8, 4) is 5.75 Å². The minimum atomic E-state index is -3.88. The van der Waals surface area contributed by atoms with Gasteiger partial charge in [0, 0.05) is 7.05 Å². The molecule has 170 valence electrons. The van der Waals surface area contributed by atoms with Gasteiger partial charge in [-0.15, -0.1) is 10.2 Å². The van der Waals surface area contributed by atoms with E-state index in [1.807, 2.05) is 25.1 Å². The molecule has 1 amide bonds. The number of para-hydroxylation sites is 1. The van der Waals surface area contributed by atoms with Crippen molar-refractivity contribution in [3.63, 3.8) is 0 Å². The van der Waals surface area contributed by atoms with E-state index in [1.54, 1.807) is 30.1 Å². The fourth-order valence-corrected chi connectivity index (χ4v) is 6.94. The van der Waals surface area contributed by atoms with Crippen molar-refractivity contribution in [1.29, 1.82) is 0 Å². The zero-order valence-electron chi connectivity index (χ0n) is 17.5. The van der Waals surface area contributed by atoms with Gasteiger partial charge in [0.15, 0.2) is 5.13 Å². The Balaban J connectivity index is 1.32. The van der Waals surface area contributed by atoms with Crippen LogP contribution in [0.25, 0.3) is 10.2 Å². The van der Waals surface area contributed by atoms with Gasteiger partial charge in [0.1, 0.15) is 10.6 Å². The van der Waals surface area contributed by atoms with Gasteiger partial charge in [0.25, 0.3) is 10.0 Å². The normalized spacial score (nSPS) is 14.1. The molecule has 3 heterocycles. The van der Waals surface area contributed by atoms with Crippen LogP contribution in [0.2, 0.25) is 0 Å². The Morgan fingerprint density at radius 1 is 1.21 bits per heavy atom. The first-order valence-corrected chi connectivity index (χ1v) is 13.1. The summed E-state index contributed by atoms with van der Waals surface area (Å²) in [6.45, 7) is 2.48. The molecule has 2 aromatic carbocycles. The van der Waals surface area contributed by atoms with Crippen molar-refractivity contribution in [2.24, 2.45) is 0 Å². The Hall–Kier alpha value is -3.16. The highest BCUT2D eigenvalue weighted by atomic mass is 32.2. The van der Waals surface area contributed by atoms with Crippen molar-refractivity contribution >= 4 is 66.0 Å². The van der Waals surface area contributed by atoms with E-state index < -0.39 is 10.0 Å². The maximum absolute atomic E-state index is 13.2. The van der Waals surface area contributed by atoms with Crippen molar-refractivity contribution in [2.75, 3.05) is 29.6 Å². The lowest BCUT2D eigenvalue weighted by Crippen LogP contribution is -2.28. The van der Waals surface area contributed by atoms with Crippen LogP contribution in [-0.4, -0.2) is 52.9 Å². The van der Waals surface area contributed by atoms with Crippen LogP contribution in [0.15, 0.2) is 52.5 Å². The lowest BCUT2D eigenvalue weighted by molar-refractivity contribution is -0.113. The van der Waals surface area contributed by atoms with Gasteiger partial charge >= 0.3 is 0 Å². The SMILES string of the molecule is CCOc1ccc2nc(NC(=O)CSc3nnc4n3S(=O)(=O)c3ccccc3N4C)sc2c1. The van der Waals surface area contributed by atoms with Gasteiger partial charge in [-0.25, -0.2) is 13.4 Å². The number of carbonyl (C=O) groups is 1. The summed E-state index contributed by atoms with van der Waals surface area (Å²) >= 11 is 2.33. The third-order valence-corrected chi connectivity index (χ3v) is 8.57. The topological polar surface area (TPSA) is 119 Å². The van der Waals surface area contributed by atoms with Gasteiger partial charge in [0.05, 0.1) is 28.3 Å². The minimum Gasteiger partial charge on any atom is -0.494 e. The second-order valence-corrected chi connectivity index (χ2v) is 10.7. The molecule has 0 saturated heterocycles. The predicted molar refractivity (Wildman–Crippen MR) is 127 cm³/mol. The fourth-order valence-electron chi connectivity index (χ4n) is 3.41. The molecule has 4 aromatic rings. The van der Waals surface area contributed by atoms with E-state index >= 15 is 0 Å². The van der Waals surface area contributed by atoms with E-state index in [1.165, 1.54) is 17.4 Å². The average Bonchev–Trinajstić information content (AvgIpc) is 3.40. The molecule has 5 rings (SSSR count). The molecular weight excluding hydrogens is 484 g/mol. The number of fused-ring (bicyclic) bond motifs is 3. The first-order chi connectivity index (χ1) is 15.9. The summed E-state index contributed by atoms with van der Waals surface area (Å²) in [6.07, 6.45) is 0. The average molecular weight is 503 g/mol. The number of nitrogens with one attached hydrogen (secondary N) is 1. The number of ether oxygens (including phenoxy) is 1. The lowest BCUT2D eigenvalue weighted by Gasteiger charge is -2.27. The number of carbonyl (C=O) groups excluding carboxylic acids is 1. The van der Waals surface area contributed by atoms with Crippen LogP contribution in [0.1, 0.15) is 6.92 Å². The number of rotatable bonds is 6.